The summed E-state index contributed by atoms with van der Waals surface area (Å²) in [6, 6.07) is 7.45. The molecule has 4 rings (SSSR count). The molecular formula is C32H43N3O7. The molecule has 3 heterocycles. The third-order valence-electron chi connectivity index (χ3n) is 8.67. The summed E-state index contributed by atoms with van der Waals surface area (Å²) >= 11 is 0. The zero-order valence-electron chi connectivity index (χ0n) is 24.7. The Hall–Kier alpha value is -3.50. The van der Waals surface area contributed by atoms with E-state index in [1.54, 1.807) is 24.0 Å². The second kappa shape index (κ2) is 13.2. The van der Waals surface area contributed by atoms with Gasteiger partial charge in [0.25, 0.3) is 0 Å². The van der Waals surface area contributed by atoms with Crippen molar-refractivity contribution < 1.29 is 33.8 Å². The molecule has 1 aromatic rings. The van der Waals surface area contributed by atoms with E-state index in [0.29, 0.717) is 31.4 Å². The van der Waals surface area contributed by atoms with Crippen LogP contribution < -0.4 is 5.32 Å². The molecule has 228 valence electrons. The lowest BCUT2D eigenvalue weighted by molar-refractivity contribution is -0.162. The molecule has 10 nitrogen and oxygen atoms in total. The molecular weight excluding hydrogens is 538 g/mol. The van der Waals surface area contributed by atoms with Crippen molar-refractivity contribution in [2.75, 3.05) is 19.7 Å². The van der Waals surface area contributed by atoms with Gasteiger partial charge in [-0.25, -0.2) is 0 Å². The van der Waals surface area contributed by atoms with Crippen molar-refractivity contribution in [3.63, 3.8) is 0 Å². The summed E-state index contributed by atoms with van der Waals surface area (Å²) < 4.78 is 12.6. The van der Waals surface area contributed by atoms with Crippen LogP contribution in [0.2, 0.25) is 0 Å². The zero-order chi connectivity index (χ0) is 30.6. The van der Waals surface area contributed by atoms with E-state index in [9.17, 15) is 24.3 Å². The molecule has 3 aliphatic rings. The van der Waals surface area contributed by atoms with Crippen LogP contribution in [0, 0.1) is 11.8 Å². The molecule has 2 N–H and O–H groups in total. The molecule has 0 saturated carbocycles. The number of rotatable bonds is 14. The van der Waals surface area contributed by atoms with Gasteiger partial charge in [-0.1, -0.05) is 42.5 Å². The number of β-amino-alcohol motifs (C(OH)–C–C–N with tert-alkyl or cyclic N) is 1. The summed E-state index contributed by atoms with van der Waals surface area (Å²) in [5, 5.41) is 12.7. The molecule has 0 aromatic heterocycles. The predicted octanol–water partition coefficient (Wildman–Crippen LogP) is 2.53. The monoisotopic (exact) mass is 581 g/mol. The summed E-state index contributed by atoms with van der Waals surface area (Å²) in [6.45, 7) is 12.9. The Bertz CT molecular complexity index is 1190. The highest BCUT2D eigenvalue weighted by atomic mass is 16.6. The number of nitrogens with zero attached hydrogens (tertiary/aromatic N) is 2. The largest absolute Gasteiger partial charge is 0.455 e. The molecule has 1 spiro atoms. The third-order valence-corrected chi connectivity index (χ3v) is 8.67. The normalized spacial score (nSPS) is 27.4. The van der Waals surface area contributed by atoms with Crippen LogP contribution in [0.15, 0.2) is 55.6 Å². The minimum absolute atomic E-state index is 0.0519. The summed E-state index contributed by atoms with van der Waals surface area (Å²) in [7, 11) is 0. The highest BCUT2D eigenvalue weighted by molar-refractivity contribution is 5.98. The van der Waals surface area contributed by atoms with E-state index in [4.69, 9.17) is 9.47 Å². The van der Waals surface area contributed by atoms with Crippen molar-refractivity contribution in [2.24, 2.45) is 11.8 Å². The van der Waals surface area contributed by atoms with Crippen LogP contribution in [0.4, 0.5) is 0 Å². The van der Waals surface area contributed by atoms with Gasteiger partial charge in [0.2, 0.25) is 17.7 Å². The first-order valence-electron chi connectivity index (χ1n) is 14.8. The quantitative estimate of drug-likeness (QED) is 0.256. The predicted molar refractivity (Wildman–Crippen MR) is 156 cm³/mol. The smallest absolute Gasteiger partial charge is 0.313 e. The number of esters is 1. The van der Waals surface area contributed by atoms with Gasteiger partial charge in [0, 0.05) is 25.6 Å². The van der Waals surface area contributed by atoms with Gasteiger partial charge in [-0.05, 0) is 45.6 Å². The number of hydrogen-bond donors (Lipinski definition) is 2. The van der Waals surface area contributed by atoms with Gasteiger partial charge < -0.3 is 29.7 Å². The van der Waals surface area contributed by atoms with Crippen LogP contribution in [0.3, 0.4) is 0 Å². The lowest BCUT2D eigenvalue weighted by atomic mass is 9.70. The second-order valence-corrected chi connectivity index (χ2v) is 11.6. The molecule has 3 amide bonds. The first kappa shape index (κ1) is 31.4. The fourth-order valence-electron chi connectivity index (χ4n) is 6.84. The molecule has 0 radical (unpaired) electrons. The van der Waals surface area contributed by atoms with Gasteiger partial charge >= 0.3 is 5.97 Å². The maximum Gasteiger partial charge on any atom is 0.313 e. The van der Waals surface area contributed by atoms with Crippen LogP contribution in [-0.4, -0.2) is 88.1 Å². The number of benzene rings is 1. The Labute approximate surface area is 247 Å². The summed E-state index contributed by atoms with van der Waals surface area (Å²) in [6.07, 6.45) is 3.61. The van der Waals surface area contributed by atoms with E-state index < -0.39 is 53.6 Å². The van der Waals surface area contributed by atoms with Crippen molar-refractivity contribution in [1.82, 2.24) is 15.1 Å². The lowest BCUT2D eigenvalue weighted by Crippen LogP contribution is -2.57. The molecule has 2 bridgehead atoms. The fraction of sp³-hybridized carbons (Fsp3) is 0.562. The van der Waals surface area contributed by atoms with Crippen molar-refractivity contribution in [3.8, 4) is 0 Å². The molecule has 0 aliphatic carbocycles. The van der Waals surface area contributed by atoms with E-state index in [0.717, 1.165) is 0 Å². The van der Waals surface area contributed by atoms with E-state index in [-0.39, 0.29) is 37.4 Å². The number of fused-ring (bicyclic) bond motifs is 1. The van der Waals surface area contributed by atoms with Crippen molar-refractivity contribution in [1.29, 1.82) is 0 Å². The highest BCUT2D eigenvalue weighted by Crippen LogP contribution is 2.59. The van der Waals surface area contributed by atoms with Gasteiger partial charge in [-0.3, -0.25) is 19.2 Å². The number of allylic oxidation sites excluding steroid dienone is 1. The summed E-state index contributed by atoms with van der Waals surface area (Å²) in [5.74, 6) is -3.33. The topological polar surface area (TPSA) is 125 Å². The SMILES string of the molecule is C=CCCC(=O)N[C@@H](C)[C@H](OC(=O)[C@@H]1[C@@H]2CC[C@]3(O2)[C@H](C(=O)N(CC=C)C(C)C)N(CCO)C(=O)[C@@H]13)c1ccccc1. The number of amides is 3. The van der Waals surface area contributed by atoms with Crippen molar-refractivity contribution in [3.05, 3.63) is 61.2 Å². The minimum Gasteiger partial charge on any atom is -0.455 e. The number of hydrogen-bond acceptors (Lipinski definition) is 7. The number of carbonyl (C=O) groups is 4. The first-order valence-corrected chi connectivity index (χ1v) is 14.8. The number of ether oxygens (including phenoxy) is 2. The number of aliphatic hydroxyl groups excluding tert-OH is 1. The van der Waals surface area contributed by atoms with Gasteiger partial charge in [-0.15, -0.1) is 13.2 Å². The molecule has 0 unspecified atom stereocenters. The van der Waals surface area contributed by atoms with Crippen LogP contribution in [-0.2, 0) is 28.7 Å². The molecule has 10 heteroatoms. The highest BCUT2D eigenvalue weighted by Gasteiger charge is 2.75. The first-order chi connectivity index (χ1) is 20.1. The molecule has 3 aliphatic heterocycles. The van der Waals surface area contributed by atoms with Crippen molar-refractivity contribution >= 4 is 23.7 Å². The Kier molecular flexibility index (Phi) is 9.89. The lowest BCUT2D eigenvalue weighted by Gasteiger charge is -2.38. The Morgan fingerprint density at radius 3 is 2.55 bits per heavy atom. The van der Waals surface area contributed by atoms with Gasteiger partial charge in [-0.2, -0.15) is 0 Å². The molecule has 7 atom stereocenters. The molecule has 3 fully saturated rings. The van der Waals surface area contributed by atoms with Crippen LogP contribution in [0.5, 0.6) is 0 Å². The molecule has 42 heavy (non-hydrogen) atoms. The third kappa shape index (κ3) is 5.74. The average molecular weight is 582 g/mol. The standard InChI is InChI=1S/C32H43N3O7/c1-6-8-14-24(37)33-21(5)27(22-12-10-9-11-13-22)41-31(40)25-23-15-16-32(42-23)26(25)29(38)35(18-19-36)28(32)30(39)34(17-7-2)20(3)4/h6-7,9-13,20-21,23,25-28,36H,1-2,8,14-19H2,3-5H3,(H,33,37)/t21-,23-,25+,26+,27-,28-,32+/m0/s1. The van der Waals surface area contributed by atoms with E-state index in [2.05, 4.69) is 18.5 Å². The van der Waals surface area contributed by atoms with Crippen LogP contribution >= 0.6 is 0 Å². The second-order valence-electron chi connectivity index (χ2n) is 11.6. The van der Waals surface area contributed by atoms with Gasteiger partial charge in [0.05, 0.1) is 30.6 Å². The fourth-order valence-corrected chi connectivity index (χ4v) is 6.84. The number of carbonyl (C=O) groups excluding carboxylic acids is 4. The van der Waals surface area contributed by atoms with E-state index in [1.807, 2.05) is 44.2 Å². The minimum atomic E-state index is -1.20. The van der Waals surface area contributed by atoms with Gasteiger partial charge in [0.15, 0.2) is 0 Å². The van der Waals surface area contributed by atoms with E-state index in [1.165, 1.54) is 4.90 Å². The van der Waals surface area contributed by atoms with Crippen LogP contribution in [0.25, 0.3) is 0 Å². The van der Waals surface area contributed by atoms with Crippen molar-refractivity contribution in [2.45, 2.75) is 82.4 Å². The molecule has 3 saturated heterocycles. The van der Waals surface area contributed by atoms with Crippen LogP contribution in [0.1, 0.15) is 58.1 Å². The number of likely N-dealkylation sites (tertiary alicyclic amines) is 1. The summed E-state index contributed by atoms with van der Waals surface area (Å²) in [5.41, 5.74) is -0.496. The maximum absolute atomic E-state index is 14.0. The Morgan fingerprint density at radius 1 is 1.21 bits per heavy atom. The Balaban J connectivity index is 1.64. The Morgan fingerprint density at radius 2 is 1.93 bits per heavy atom. The number of aliphatic hydroxyl groups is 1. The average Bonchev–Trinajstić information content (AvgIpc) is 3.61. The van der Waals surface area contributed by atoms with E-state index >= 15 is 0 Å². The zero-order valence-corrected chi connectivity index (χ0v) is 24.7. The summed E-state index contributed by atoms with van der Waals surface area (Å²) in [4.78, 5) is 57.5. The molecule has 1 aromatic carbocycles. The maximum atomic E-state index is 14.0. The number of nitrogens with one attached hydrogen (secondary N) is 1. The van der Waals surface area contributed by atoms with Gasteiger partial charge in [0.1, 0.15) is 17.7 Å².